The van der Waals surface area contributed by atoms with Gasteiger partial charge in [-0.05, 0) is 22.0 Å². The molecule has 1 N–H and O–H groups in total. The van der Waals surface area contributed by atoms with Gasteiger partial charge in [-0.15, -0.1) is 5.10 Å². The largest absolute Gasteiger partial charge is 0.323 e. The molecule has 0 saturated heterocycles. The van der Waals surface area contributed by atoms with Crippen LogP contribution in [0.4, 0.5) is 14.5 Å². The number of carbonyl (C=O) groups is 1. The van der Waals surface area contributed by atoms with Gasteiger partial charge in [0, 0.05) is 18.7 Å². The summed E-state index contributed by atoms with van der Waals surface area (Å²) in [6, 6.07) is 1.88. The van der Waals surface area contributed by atoms with E-state index in [0.717, 1.165) is 12.1 Å². The Morgan fingerprint density at radius 2 is 2.16 bits per heavy atom. The van der Waals surface area contributed by atoms with Gasteiger partial charge in [-0.3, -0.25) is 9.48 Å². The second kappa shape index (κ2) is 5.87. The van der Waals surface area contributed by atoms with Gasteiger partial charge in [-0.2, -0.15) is 0 Å². The molecule has 0 aliphatic rings. The molecule has 0 bridgehead atoms. The number of carbonyl (C=O) groups excluding carboxylic acids is 1. The van der Waals surface area contributed by atoms with Gasteiger partial charge in [-0.1, -0.05) is 5.21 Å². The van der Waals surface area contributed by atoms with E-state index in [1.54, 1.807) is 6.20 Å². The van der Waals surface area contributed by atoms with Gasteiger partial charge >= 0.3 is 0 Å². The van der Waals surface area contributed by atoms with Crippen molar-refractivity contribution in [2.24, 2.45) is 0 Å². The van der Waals surface area contributed by atoms with Crippen molar-refractivity contribution in [3.63, 3.8) is 0 Å². The molecule has 0 unspecified atom stereocenters. The van der Waals surface area contributed by atoms with E-state index in [1.165, 1.54) is 10.9 Å². The molecule has 2 rings (SSSR count). The number of hydrogen-bond acceptors (Lipinski definition) is 3. The van der Waals surface area contributed by atoms with Crippen molar-refractivity contribution < 1.29 is 13.6 Å². The molecular formula is C11H9BrF2N4O. The van der Waals surface area contributed by atoms with Gasteiger partial charge in [0.15, 0.2) is 0 Å². The third-order valence-corrected chi connectivity index (χ3v) is 2.93. The topological polar surface area (TPSA) is 59.8 Å². The summed E-state index contributed by atoms with van der Waals surface area (Å²) in [7, 11) is 0. The van der Waals surface area contributed by atoms with Crippen LogP contribution in [-0.2, 0) is 11.3 Å². The fourth-order valence-electron chi connectivity index (χ4n) is 1.40. The van der Waals surface area contributed by atoms with Crippen LogP contribution in [0.3, 0.4) is 0 Å². The summed E-state index contributed by atoms with van der Waals surface area (Å²) in [5, 5.41) is 9.58. The second-order valence-corrected chi connectivity index (χ2v) is 4.56. The van der Waals surface area contributed by atoms with Gasteiger partial charge in [-0.25, -0.2) is 8.78 Å². The highest BCUT2D eigenvalue weighted by atomic mass is 79.9. The Bertz CT molecular complexity index is 589. The summed E-state index contributed by atoms with van der Waals surface area (Å²) in [6.45, 7) is 0.312. The van der Waals surface area contributed by atoms with E-state index in [-0.39, 0.29) is 16.6 Å². The number of rotatable bonds is 4. The van der Waals surface area contributed by atoms with Crippen LogP contribution in [0.1, 0.15) is 6.42 Å². The van der Waals surface area contributed by atoms with Gasteiger partial charge in [0.2, 0.25) is 5.91 Å². The quantitative estimate of drug-likeness (QED) is 0.875. The molecule has 100 valence electrons. The zero-order chi connectivity index (χ0) is 13.8. The van der Waals surface area contributed by atoms with E-state index < -0.39 is 17.5 Å². The third kappa shape index (κ3) is 3.57. The van der Waals surface area contributed by atoms with E-state index in [0.29, 0.717) is 6.54 Å². The first-order valence-electron chi connectivity index (χ1n) is 5.35. The lowest BCUT2D eigenvalue weighted by Crippen LogP contribution is -2.15. The molecule has 19 heavy (non-hydrogen) atoms. The molecule has 0 fully saturated rings. The predicted molar refractivity (Wildman–Crippen MR) is 67.3 cm³/mol. The van der Waals surface area contributed by atoms with Gasteiger partial charge < -0.3 is 5.32 Å². The smallest absolute Gasteiger partial charge is 0.226 e. The number of halogens is 3. The van der Waals surface area contributed by atoms with E-state index in [9.17, 15) is 13.6 Å². The molecule has 1 amide bonds. The van der Waals surface area contributed by atoms with Crippen LogP contribution in [0.25, 0.3) is 0 Å². The summed E-state index contributed by atoms with van der Waals surface area (Å²) in [5.41, 5.74) is -0.190. The highest BCUT2D eigenvalue weighted by Crippen LogP contribution is 2.23. The molecule has 1 aromatic heterocycles. The molecule has 0 aliphatic carbocycles. The lowest BCUT2D eigenvalue weighted by molar-refractivity contribution is -0.116. The Hall–Kier alpha value is -1.83. The summed E-state index contributed by atoms with van der Waals surface area (Å²) >= 11 is 2.86. The number of amides is 1. The molecule has 0 aliphatic heterocycles. The van der Waals surface area contributed by atoms with Crippen molar-refractivity contribution in [3.05, 3.63) is 40.6 Å². The zero-order valence-electron chi connectivity index (χ0n) is 9.61. The minimum absolute atomic E-state index is 0.00520. The molecular weight excluding hydrogens is 322 g/mol. The fraction of sp³-hybridized carbons (Fsp3) is 0.182. The molecule has 5 nitrogen and oxygen atoms in total. The maximum atomic E-state index is 13.5. The number of nitrogens with zero attached hydrogens (tertiary/aromatic N) is 3. The van der Waals surface area contributed by atoms with Crippen LogP contribution in [0.15, 0.2) is 29.0 Å². The van der Waals surface area contributed by atoms with Crippen LogP contribution >= 0.6 is 15.9 Å². The summed E-state index contributed by atoms with van der Waals surface area (Å²) in [6.07, 6.45) is 3.18. The number of aromatic nitrogens is 3. The van der Waals surface area contributed by atoms with Crippen molar-refractivity contribution in [3.8, 4) is 0 Å². The number of anilines is 1. The molecule has 0 atom stereocenters. The average Bonchev–Trinajstić information content (AvgIpc) is 2.86. The first-order chi connectivity index (χ1) is 9.06. The zero-order valence-corrected chi connectivity index (χ0v) is 11.2. The minimum Gasteiger partial charge on any atom is -0.323 e. The SMILES string of the molecule is O=C(CCn1ccnn1)Nc1cc(F)c(Br)cc1F. The van der Waals surface area contributed by atoms with Crippen LogP contribution in [0, 0.1) is 11.6 Å². The Labute approximate surface area is 115 Å². The van der Waals surface area contributed by atoms with Crippen LogP contribution in [-0.4, -0.2) is 20.9 Å². The van der Waals surface area contributed by atoms with E-state index >= 15 is 0 Å². The standard InChI is InChI=1S/C11H9BrF2N4O/c12-7-5-9(14)10(6-8(7)13)16-11(19)1-3-18-4-2-15-17-18/h2,4-6H,1,3H2,(H,16,19). The number of aryl methyl sites for hydroxylation is 1. The highest BCUT2D eigenvalue weighted by molar-refractivity contribution is 9.10. The van der Waals surface area contributed by atoms with E-state index in [1.807, 2.05) is 0 Å². The third-order valence-electron chi connectivity index (χ3n) is 2.32. The Kier molecular flexibility index (Phi) is 4.20. The van der Waals surface area contributed by atoms with Crippen molar-refractivity contribution in [2.45, 2.75) is 13.0 Å². The molecule has 2 aromatic rings. The lowest BCUT2D eigenvalue weighted by Gasteiger charge is -2.07. The summed E-state index contributed by atoms with van der Waals surface area (Å²) < 4.78 is 28.2. The van der Waals surface area contributed by atoms with Crippen molar-refractivity contribution in [1.29, 1.82) is 0 Å². The average molecular weight is 331 g/mol. The first-order valence-corrected chi connectivity index (χ1v) is 6.14. The van der Waals surface area contributed by atoms with Gasteiger partial charge in [0.05, 0.1) is 22.9 Å². The molecule has 0 spiro atoms. The van der Waals surface area contributed by atoms with Crippen LogP contribution < -0.4 is 5.32 Å². The summed E-state index contributed by atoms with van der Waals surface area (Å²) in [5.74, 6) is -1.79. The minimum atomic E-state index is -0.706. The normalized spacial score (nSPS) is 10.5. The van der Waals surface area contributed by atoms with Crippen LogP contribution in [0.2, 0.25) is 0 Å². The van der Waals surface area contributed by atoms with Gasteiger partial charge in [0.1, 0.15) is 11.6 Å². The van der Waals surface area contributed by atoms with Gasteiger partial charge in [0.25, 0.3) is 0 Å². The van der Waals surface area contributed by atoms with E-state index in [4.69, 9.17) is 0 Å². The second-order valence-electron chi connectivity index (χ2n) is 3.71. The van der Waals surface area contributed by atoms with Crippen molar-refractivity contribution in [2.75, 3.05) is 5.32 Å². The van der Waals surface area contributed by atoms with Crippen LogP contribution in [0.5, 0.6) is 0 Å². The summed E-state index contributed by atoms with van der Waals surface area (Å²) in [4.78, 5) is 11.6. The number of nitrogens with one attached hydrogen (secondary N) is 1. The van der Waals surface area contributed by atoms with E-state index in [2.05, 4.69) is 31.6 Å². The fourth-order valence-corrected chi connectivity index (χ4v) is 1.71. The van der Waals surface area contributed by atoms with Crippen molar-refractivity contribution >= 4 is 27.5 Å². The molecule has 1 aromatic carbocycles. The Balaban J connectivity index is 1.97. The Morgan fingerprint density at radius 3 is 2.84 bits per heavy atom. The molecule has 0 saturated carbocycles. The molecule has 1 heterocycles. The number of benzene rings is 1. The number of hydrogen-bond donors (Lipinski definition) is 1. The highest BCUT2D eigenvalue weighted by Gasteiger charge is 2.11. The first kappa shape index (κ1) is 13.6. The molecule has 0 radical (unpaired) electrons. The lowest BCUT2D eigenvalue weighted by atomic mass is 10.3. The maximum absolute atomic E-state index is 13.5. The monoisotopic (exact) mass is 330 g/mol. The van der Waals surface area contributed by atoms with Crippen molar-refractivity contribution in [1.82, 2.24) is 15.0 Å². The molecule has 8 heteroatoms. The predicted octanol–water partition coefficient (Wildman–Crippen LogP) is 2.35. The Morgan fingerprint density at radius 1 is 1.37 bits per heavy atom. The maximum Gasteiger partial charge on any atom is 0.226 e.